The molecule has 176 valence electrons. The van der Waals surface area contributed by atoms with Gasteiger partial charge in [-0.25, -0.2) is 4.98 Å². The third kappa shape index (κ3) is 5.75. The number of ether oxygens (including phenoxy) is 2. The number of fused-ring (bicyclic) bond motifs is 1. The smallest absolute Gasteiger partial charge is 0.275 e. The van der Waals surface area contributed by atoms with Crippen LogP contribution in [0.2, 0.25) is 0 Å². The number of likely N-dealkylation sites (tertiary alicyclic amines) is 1. The van der Waals surface area contributed by atoms with Gasteiger partial charge in [-0.2, -0.15) is 0 Å². The first-order valence-electron chi connectivity index (χ1n) is 11.4. The highest BCUT2D eigenvalue weighted by molar-refractivity contribution is 7.19. The highest BCUT2D eigenvalue weighted by atomic mass is 32.1. The SMILES string of the molecule is C/C=C\C=C=C/C=C/c1cc2ncn(-c3ccc(OCCN4CCCC4)c(OC)c3)c(=O)c2s1. The first-order chi connectivity index (χ1) is 16.7. The first kappa shape index (κ1) is 23.8. The Morgan fingerprint density at radius 1 is 1.15 bits per heavy atom. The van der Waals surface area contributed by atoms with Crippen LogP contribution in [-0.2, 0) is 0 Å². The molecule has 3 heterocycles. The van der Waals surface area contributed by atoms with Gasteiger partial charge in [-0.1, -0.05) is 18.2 Å². The second-order valence-corrected chi connectivity index (χ2v) is 8.98. The Bertz CT molecular complexity index is 1310. The second kappa shape index (κ2) is 11.7. The fraction of sp³-hybridized carbons (Fsp3) is 0.296. The van der Waals surface area contributed by atoms with Crippen molar-refractivity contribution in [3.8, 4) is 17.2 Å². The molecule has 34 heavy (non-hydrogen) atoms. The summed E-state index contributed by atoms with van der Waals surface area (Å²) in [4.78, 5) is 21.1. The fourth-order valence-electron chi connectivity index (χ4n) is 3.82. The number of allylic oxidation sites excluding steroid dienone is 4. The van der Waals surface area contributed by atoms with Crippen molar-refractivity contribution in [2.24, 2.45) is 0 Å². The maximum atomic E-state index is 13.2. The van der Waals surface area contributed by atoms with E-state index in [1.165, 1.54) is 24.2 Å². The number of hydrogen-bond acceptors (Lipinski definition) is 6. The largest absolute Gasteiger partial charge is 0.493 e. The van der Waals surface area contributed by atoms with E-state index in [4.69, 9.17) is 9.47 Å². The third-order valence-corrected chi connectivity index (χ3v) is 6.66. The molecule has 0 amide bonds. The highest BCUT2D eigenvalue weighted by Crippen LogP contribution is 2.30. The summed E-state index contributed by atoms with van der Waals surface area (Å²) in [7, 11) is 1.61. The molecule has 0 unspecified atom stereocenters. The van der Waals surface area contributed by atoms with Crippen LogP contribution in [0.15, 0.2) is 71.5 Å². The van der Waals surface area contributed by atoms with Crippen molar-refractivity contribution in [2.75, 3.05) is 33.4 Å². The van der Waals surface area contributed by atoms with Crippen LogP contribution in [0.25, 0.3) is 22.0 Å². The van der Waals surface area contributed by atoms with Crippen molar-refractivity contribution in [2.45, 2.75) is 19.8 Å². The second-order valence-electron chi connectivity index (χ2n) is 7.90. The zero-order valence-corrected chi connectivity index (χ0v) is 20.4. The van der Waals surface area contributed by atoms with E-state index in [0.29, 0.717) is 34.0 Å². The molecule has 1 aliphatic rings. The maximum absolute atomic E-state index is 13.2. The van der Waals surface area contributed by atoms with Crippen molar-refractivity contribution in [3.05, 3.63) is 81.9 Å². The van der Waals surface area contributed by atoms with E-state index >= 15 is 0 Å². The van der Waals surface area contributed by atoms with Gasteiger partial charge in [-0.05, 0) is 69.3 Å². The van der Waals surface area contributed by atoms with E-state index in [1.54, 1.807) is 18.0 Å². The van der Waals surface area contributed by atoms with Gasteiger partial charge >= 0.3 is 0 Å². The van der Waals surface area contributed by atoms with Crippen molar-refractivity contribution in [1.29, 1.82) is 0 Å². The Balaban J connectivity index is 1.53. The van der Waals surface area contributed by atoms with Gasteiger partial charge in [0.2, 0.25) is 0 Å². The minimum absolute atomic E-state index is 0.108. The summed E-state index contributed by atoms with van der Waals surface area (Å²) in [5.41, 5.74) is 4.32. The standard InChI is InChI=1S/C27H29N3O3S/c1-3-4-5-6-7-8-11-22-19-23-26(34-22)27(31)30(20-28-23)21-12-13-24(25(18-21)32-2)33-17-16-29-14-9-10-15-29/h3-5,7-8,11-13,18-20H,9-10,14-17H2,1-2H3/b4-3-,11-8+. The van der Waals surface area contributed by atoms with Crippen molar-refractivity contribution in [3.63, 3.8) is 0 Å². The van der Waals surface area contributed by atoms with Crippen LogP contribution in [-0.4, -0.2) is 47.8 Å². The highest BCUT2D eigenvalue weighted by Gasteiger charge is 2.14. The van der Waals surface area contributed by atoms with E-state index in [2.05, 4.69) is 15.6 Å². The Labute approximate surface area is 203 Å². The molecule has 0 N–H and O–H groups in total. The molecule has 2 aromatic heterocycles. The zero-order valence-electron chi connectivity index (χ0n) is 19.6. The van der Waals surface area contributed by atoms with Gasteiger partial charge in [-0.3, -0.25) is 14.3 Å². The lowest BCUT2D eigenvalue weighted by atomic mass is 10.2. The number of methoxy groups -OCH3 is 1. The van der Waals surface area contributed by atoms with Crippen LogP contribution >= 0.6 is 11.3 Å². The lowest BCUT2D eigenvalue weighted by Gasteiger charge is -2.17. The Morgan fingerprint density at radius 3 is 2.76 bits per heavy atom. The van der Waals surface area contributed by atoms with Crippen molar-refractivity contribution >= 4 is 27.6 Å². The summed E-state index contributed by atoms with van der Waals surface area (Å²) in [5, 5.41) is 0. The summed E-state index contributed by atoms with van der Waals surface area (Å²) in [5.74, 6) is 1.27. The molecule has 0 aliphatic carbocycles. The predicted octanol–water partition coefficient (Wildman–Crippen LogP) is 5.23. The van der Waals surface area contributed by atoms with Gasteiger partial charge in [-0.15, -0.1) is 17.1 Å². The van der Waals surface area contributed by atoms with Crippen LogP contribution in [0.4, 0.5) is 0 Å². The average Bonchev–Trinajstić information content (AvgIpc) is 3.52. The molecular weight excluding hydrogens is 446 g/mol. The Kier molecular flexibility index (Phi) is 8.15. The lowest BCUT2D eigenvalue weighted by molar-refractivity contribution is 0.230. The monoisotopic (exact) mass is 475 g/mol. The molecule has 0 spiro atoms. The van der Waals surface area contributed by atoms with Crippen molar-refractivity contribution in [1.82, 2.24) is 14.5 Å². The number of thiophene rings is 1. The summed E-state index contributed by atoms with van der Waals surface area (Å²) in [6.07, 6.45) is 15.5. The molecule has 7 heteroatoms. The van der Waals surface area contributed by atoms with E-state index < -0.39 is 0 Å². The van der Waals surface area contributed by atoms with E-state index in [1.807, 2.05) is 67.6 Å². The molecule has 3 aromatic rings. The maximum Gasteiger partial charge on any atom is 0.275 e. The molecule has 0 saturated carbocycles. The minimum atomic E-state index is -0.108. The number of aromatic nitrogens is 2. The quantitative estimate of drug-likeness (QED) is 0.313. The van der Waals surface area contributed by atoms with E-state index in [9.17, 15) is 4.79 Å². The summed E-state index contributed by atoms with van der Waals surface area (Å²) in [6, 6.07) is 7.45. The molecule has 0 radical (unpaired) electrons. The van der Waals surface area contributed by atoms with Gasteiger partial charge in [0.25, 0.3) is 5.56 Å². The van der Waals surface area contributed by atoms with Crippen LogP contribution < -0.4 is 15.0 Å². The Hall–Kier alpha value is -3.38. The van der Waals surface area contributed by atoms with Gasteiger partial charge in [0.05, 0.1) is 18.3 Å². The van der Waals surface area contributed by atoms with Gasteiger partial charge in [0, 0.05) is 17.5 Å². The van der Waals surface area contributed by atoms with Crippen LogP contribution in [0.1, 0.15) is 24.6 Å². The number of hydrogen-bond donors (Lipinski definition) is 0. The average molecular weight is 476 g/mol. The third-order valence-electron chi connectivity index (χ3n) is 5.58. The molecule has 1 fully saturated rings. The first-order valence-corrected chi connectivity index (χ1v) is 12.3. The molecule has 1 aromatic carbocycles. The minimum Gasteiger partial charge on any atom is -0.493 e. The number of nitrogens with zero attached hydrogens (tertiary/aromatic N) is 3. The van der Waals surface area contributed by atoms with E-state index in [0.717, 1.165) is 24.5 Å². The fourth-order valence-corrected chi connectivity index (χ4v) is 4.77. The molecule has 6 nitrogen and oxygen atoms in total. The predicted molar refractivity (Wildman–Crippen MR) is 139 cm³/mol. The van der Waals surface area contributed by atoms with Crippen molar-refractivity contribution < 1.29 is 9.47 Å². The topological polar surface area (TPSA) is 56.6 Å². The van der Waals surface area contributed by atoms with Crippen LogP contribution in [0.5, 0.6) is 11.5 Å². The molecule has 4 rings (SSSR count). The summed E-state index contributed by atoms with van der Waals surface area (Å²) < 4.78 is 13.7. The molecular formula is C27H29N3O3S. The van der Waals surface area contributed by atoms with Gasteiger partial charge in [0.15, 0.2) is 11.5 Å². The van der Waals surface area contributed by atoms with Gasteiger partial charge in [0.1, 0.15) is 17.6 Å². The molecule has 0 bridgehead atoms. The Morgan fingerprint density at radius 2 is 1.97 bits per heavy atom. The zero-order chi connectivity index (χ0) is 23.8. The van der Waals surface area contributed by atoms with Crippen LogP contribution in [0, 0.1) is 0 Å². The van der Waals surface area contributed by atoms with E-state index in [-0.39, 0.29) is 5.56 Å². The molecule has 0 atom stereocenters. The lowest BCUT2D eigenvalue weighted by Crippen LogP contribution is -2.25. The molecule has 1 saturated heterocycles. The number of benzene rings is 1. The van der Waals surface area contributed by atoms with Crippen LogP contribution in [0.3, 0.4) is 0 Å². The molecule has 1 aliphatic heterocycles. The van der Waals surface area contributed by atoms with Gasteiger partial charge < -0.3 is 9.47 Å². The summed E-state index contributed by atoms with van der Waals surface area (Å²) in [6.45, 7) is 5.75. The number of rotatable bonds is 9. The normalized spacial score (nSPS) is 14.2. The summed E-state index contributed by atoms with van der Waals surface area (Å²) >= 11 is 1.42.